The molecule has 1 aromatic carbocycles. The van der Waals surface area contributed by atoms with Gasteiger partial charge in [0.25, 0.3) is 0 Å². The highest BCUT2D eigenvalue weighted by Crippen LogP contribution is 2.31. The van der Waals surface area contributed by atoms with Gasteiger partial charge in [0.05, 0.1) is 10.6 Å². The van der Waals surface area contributed by atoms with E-state index < -0.39 is 11.7 Å². The highest BCUT2D eigenvalue weighted by Gasteiger charge is 2.30. The van der Waals surface area contributed by atoms with E-state index in [0.29, 0.717) is 19.4 Å². The minimum atomic E-state index is -4.38. The molecule has 1 nitrogen and oxygen atoms in total. The lowest BCUT2D eigenvalue weighted by atomic mass is 10.1. The predicted molar refractivity (Wildman–Crippen MR) is 61.6 cm³/mol. The molecule has 0 aromatic heterocycles. The van der Waals surface area contributed by atoms with Crippen molar-refractivity contribution >= 4 is 11.6 Å². The van der Waals surface area contributed by atoms with Gasteiger partial charge >= 0.3 is 6.18 Å². The maximum atomic E-state index is 12.4. The van der Waals surface area contributed by atoms with Gasteiger partial charge in [-0.25, -0.2) is 0 Å². The van der Waals surface area contributed by atoms with Crippen molar-refractivity contribution < 1.29 is 13.2 Å². The van der Waals surface area contributed by atoms with Crippen molar-refractivity contribution in [3.8, 4) is 11.8 Å². The first-order valence-electron chi connectivity index (χ1n) is 5.01. The van der Waals surface area contributed by atoms with Crippen LogP contribution in [0.5, 0.6) is 0 Å². The summed E-state index contributed by atoms with van der Waals surface area (Å²) >= 11 is 5.76. The van der Waals surface area contributed by atoms with Crippen LogP contribution in [-0.2, 0) is 6.18 Å². The quantitative estimate of drug-likeness (QED) is 0.640. The molecule has 0 heterocycles. The normalized spacial score (nSPS) is 10.9. The van der Waals surface area contributed by atoms with E-state index in [1.807, 2.05) is 0 Å². The molecule has 0 atom stereocenters. The molecule has 0 spiro atoms. The monoisotopic (exact) mass is 261 g/mol. The Hall–Kier alpha value is -1.18. The highest BCUT2D eigenvalue weighted by atomic mass is 35.5. The first kappa shape index (κ1) is 13.9. The SMILES string of the molecule is NCCCC#Cc1cc(C(F)(F)F)ccc1Cl. The molecule has 0 unspecified atom stereocenters. The van der Waals surface area contributed by atoms with Gasteiger partial charge in [-0.15, -0.1) is 0 Å². The smallest absolute Gasteiger partial charge is 0.330 e. The molecule has 0 aliphatic heterocycles. The molecule has 0 aliphatic carbocycles. The Bertz CT molecular complexity index is 443. The van der Waals surface area contributed by atoms with Gasteiger partial charge in [0.15, 0.2) is 0 Å². The van der Waals surface area contributed by atoms with Crippen LogP contribution >= 0.6 is 11.6 Å². The molecule has 0 saturated carbocycles. The molecule has 0 amide bonds. The van der Waals surface area contributed by atoms with Crippen molar-refractivity contribution in [3.05, 3.63) is 34.3 Å². The van der Waals surface area contributed by atoms with Crippen LogP contribution in [0.25, 0.3) is 0 Å². The maximum Gasteiger partial charge on any atom is 0.416 e. The molecule has 5 heteroatoms. The topological polar surface area (TPSA) is 26.0 Å². The van der Waals surface area contributed by atoms with E-state index in [4.69, 9.17) is 17.3 Å². The number of hydrogen-bond donors (Lipinski definition) is 1. The third-order valence-corrected chi connectivity index (χ3v) is 2.35. The standard InChI is InChI=1S/C12H11ClF3N/c13-11-6-5-10(12(14,15)16)8-9(11)4-2-1-3-7-17/h5-6,8H,1,3,7,17H2. The minimum Gasteiger partial charge on any atom is -0.330 e. The molecule has 0 radical (unpaired) electrons. The van der Waals surface area contributed by atoms with E-state index in [1.165, 1.54) is 6.07 Å². The molecular formula is C12H11ClF3N. The summed E-state index contributed by atoms with van der Waals surface area (Å²) in [7, 11) is 0. The van der Waals surface area contributed by atoms with Crippen LogP contribution in [0, 0.1) is 11.8 Å². The Morgan fingerprint density at radius 3 is 2.59 bits per heavy atom. The fourth-order valence-corrected chi connectivity index (χ4v) is 1.31. The molecule has 0 bridgehead atoms. The lowest BCUT2D eigenvalue weighted by Gasteiger charge is -2.07. The van der Waals surface area contributed by atoms with Crippen LogP contribution in [0.15, 0.2) is 18.2 Å². The summed E-state index contributed by atoms with van der Waals surface area (Å²) in [4.78, 5) is 0. The second-order valence-electron chi connectivity index (χ2n) is 3.39. The van der Waals surface area contributed by atoms with Crippen molar-refractivity contribution in [2.24, 2.45) is 5.73 Å². The fraction of sp³-hybridized carbons (Fsp3) is 0.333. The van der Waals surface area contributed by atoms with Gasteiger partial charge in [0.1, 0.15) is 0 Å². The van der Waals surface area contributed by atoms with Crippen LogP contribution < -0.4 is 5.73 Å². The second-order valence-corrected chi connectivity index (χ2v) is 3.79. The number of nitrogens with two attached hydrogens (primary N) is 1. The van der Waals surface area contributed by atoms with Crippen LogP contribution in [0.4, 0.5) is 13.2 Å². The summed E-state index contributed by atoms with van der Waals surface area (Å²) in [6.07, 6.45) is -3.12. The summed E-state index contributed by atoms with van der Waals surface area (Å²) in [6.45, 7) is 0.505. The van der Waals surface area contributed by atoms with Crippen LogP contribution in [0.1, 0.15) is 24.0 Å². The molecule has 17 heavy (non-hydrogen) atoms. The first-order chi connectivity index (χ1) is 7.95. The van der Waals surface area contributed by atoms with Gasteiger partial charge < -0.3 is 5.73 Å². The molecule has 0 saturated heterocycles. The maximum absolute atomic E-state index is 12.4. The van der Waals surface area contributed by atoms with E-state index in [-0.39, 0.29) is 10.6 Å². The zero-order valence-corrected chi connectivity index (χ0v) is 9.70. The zero-order valence-electron chi connectivity index (χ0n) is 8.94. The lowest BCUT2D eigenvalue weighted by molar-refractivity contribution is -0.137. The predicted octanol–water partition coefficient (Wildman–Crippen LogP) is 3.45. The van der Waals surface area contributed by atoms with E-state index in [0.717, 1.165) is 12.1 Å². The lowest BCUT2D eigenvalue weighted by Crippen LogP contribution is -2.04. The van der Waals surface area contributed by atoms with Crippen LogP contribution in [0.3, 0.4) is 0 Å². The number of unbranched alkanes of at least 4 members (excludes halogenated alkanes) is 1. The van der Waals surface area contributed by atoms with Crippen molar-refractivity contribution in [2.45, 2.75) is 19.0 Å². The average Bonchev–Trinajstić information content (AvgIpc) is 2.25. The number of rotatable bonds is 2. The summed E-state index contributed by atoms with van der Waals surface area (Å²) in [5.74, 6) is 5.36. The molecule has 0 fully saturated rings. The Kier molecular flexibility index (Phi) is 4.86. The third kappa shape index (κ3) is 4.29. The Labute approximate surface area is 103 Å². The average molecular weight is 262 g/mol. The number of halogens is 4. The van der Waals surface area contributed by atoms with Crippen molar-refractivity contribution in [2.75, 3.05) is 6.54 Å². The highest BCUT2D eigenvalue weighted by molar-refractivity contribution is 6.31. The van der Waals surface area contributed by atoms with Crippen molar-refractivity contribution in [1.29, 1.82) is 0 Å². The largest absolute Gasteiger partial charge is 0.416 e. The van der Waals surface area contributed by atoms with Gasteiger partial charge in [-0.3, -0.25) is 0 Å². The van der Waals surface area contributed by atoms with E-state index in [2.05, 4.69) is 11.8 Å². The van der Waals surface area contributed by atoms with E-state index in [9.17, 15) is 13.2 Å². The molecule has 1 rings (SSSR count). The first-order valence-corrected chi connectivity index (χ1v) is 5.38. The summed E-state index contributed by atoms with van der Waals surface area (Å²) in [5.41, 5.74) is 4.72. The van der Waals surface area contributed by atoms with Gasteiger partial charge in [-0.2, -0.15) is 13.2 Å². The van der Waals surface area contributed by atoms with Crippen molar-refractivity contribution in [1.82, 2.24) is 0 Å². The fourth-order valence-electron chi connectivity index (χ4n) is 1.15. The Morgan fingerprint density at radius 1 is 1.29 bits per heavy atom. The third-order valence-electron chi connectivity index (χ3n) is 2.02. The van der Waals surface area contributed by atoms with Crippen LogP contribution in [-0.4, -0.2) is 6.54 Å². The van der Waals surface area contributed by atoms with Gasteiger partial charge in [-0.1, -0.05) is 23.4 Å². The summed E-state index contributed by atoms with van der Waals surface area (Å²) in [6, 6.07) is 3.10. The number of alkyl halides is 3. The van der Waals surface area contributed by atoms with E-state index >= 15 is 0 Å². The van der Waals surface area contributed by atoms with Gasteiger partial charge in [0, 0.05) is 12.0 Å². The second kappa shape index (κ2) is 5.95. The Morgan fingerprint density at radius 2 is 2.00 bits per heavy atom. The number of hydrogen-bond acceptors (Lipinski definition) is 1. The van der Waals surface area contributed by atoms with E-state index in [1.54, 1.807) is 0 Å². The molecule has 0 aliphatic rings. The summed E-state index contributed by atoms with van der Waals surface area (Å²) < 4.78 is 37.3. The molecule has 2 N–H and O–H groups in total. The number of benzene rings is 1. The van der Waals surface area contributed by atoms with Gasteiger partial charge in [0.2, 0.25) is 0 Å². The molecule has 1 aromatic rings. The zero-order chi connectivity index (χ0) is 12.9. The molecule has 92 valence electrons. The van der Waals surface area contributed by atoms with Crippen molar-refractivity contribution in [3.63, 3.8) is 0 Å². The summed E-state index contributed by atoms with van der Waals surface area (Å²) in [5, 5.41) is 0.221. The molecular weight excluding hydrogens is 251 g/mol. The van der Waals surface area contributed by atoms with Gasteiger partial charge in [-0.05, 0) is 31.2 Å². The van der Waals surface area contributed by atoms with Crippen LogP contribution in [0.2, 0.25) is 5.02 Å². The Balaban J connectivity index is 2.94. The minimum absolute atomic E-state index is 0.193.